The number of carbonyl (C=O) groups excluding carboxylic acids is 1. The van der Waals surface area contributed by atoms with E-state index in [2.05, 4.69) is 0 Å². The molecule has 0 radical (unpaired) electrons. The minimum atomic E-state index is -0.627. The molecule has 0 spiro atoms. The van der Waals surface area contributed by atoms with E-state index in [-0.39, 0.29) is 17.7 Å². The molecule has 0 aromatic heterocycles. The van der Waals surface area contributed by atoms with Crippen LogP contribution in [0.2, 0.25) is 0 Å². The smallest absolute Gasteiger partial charge is 0.217 e. The van der Waals surface area contributed by atoms with Crippen molar-refractivity contribution in [2.45, 2.75) is 51.5 Å². The van der Waals surface area contributed by atoms with Crippen LogP contribution in [0.1, 0.15) is 55.7 Å². The van der Waals surface area contributed by atoms with Crippen LogP contribution in [-0.2, 0) is 4.79 Å². The molecule has 1 aromatic rings. The van der Waals surface area contributed by atoms with Gasteiger partial charge in [0.2, 0.25) is 5.91 Å². The number of aryl methyl sites for hydroxylation is 1. The molecular weight excluding hydrogens is 274 g/mol. The Morgan fingerprint density at radius 1 is 1.29 bits per heavy atom. The first-order valence-electron chi connectivity index (χ1n) is 7.32. The van der Waals surface area contributed by atoms with Gasteiger partial charge in [-0.2, -0.15) is 0 Å². The van der Waals surface area contributed by atoms with Gasteiger partial charge >= 0.3 is 0 Å². The second kappa shape index (κ2) is 6.10. The molecule has 1 aromatic carbocycles. The Balaban J connectivity index is 2.21. The Labute approximate surface area is 123 Å². The molecule has 0 heterocycles. The molecule has 116 valence electrons. The fourth-order valence-corrected chi connectivity index (χ4v) is 3.49. The summed E-state index contributed by atoms with van der Waals surface area (Å²) in [5.41, 5.74) is 11.9. The first kappa shape index (κ1) is 15.9. The molecule has 1 saturated carbocycles. The Kier molecular flexibility index (Phi) is 4.61. The van der Waals surface area contributed by atoms with Crippen LogP contribution in [0.3, 0.4) is 0 Å². The molecule has 0 saturated heterocycles. The van der Waals surface area contributed by atoms with E-state index < -0.39 is 17.7 Å². The number of nitrogens with two attached hydrogens (primary N) is 2. The van der Waals surface area contributed by atoms with Crippen molar-refractivity contribution in [3.8, 4) is 0 Å². The van der Waals surface area contributed by atoms with Crippen molar-refractivity contribution in [3.63, 3.8) is 0 Å². The zero-order chi connectivity index (χ0) is 15.6. The minimum absolute atomic E-state index is 0.236. The van der Waals surface area contributed by atoms with Gasteiger partial charge in [0, 0.05) is 24.1 Å². The van der Waals surface area contributed by atoms with Crippen LogP contribution < -0.4 is 11.5 Å². The van der Waals surface area contributed by atoms with Crippen molar-refractivity contribution in [3.05, 3.63) is 34.9 Å². The predicted octanol–water partition coefficient (Wildman–Crippen LogP) is 3.10. The summed E-state index contributed by atoms with van der Waals surface area (Å²) in [6.45, 7) is 1.58. The number of hydrogen-bond donors (Lipinski definition) is 2. The largest absolute Gasteiger partial charge is 0.370 e. The topological polar surface area (TPSA) is 69.1 Å². The lowest BCUT2D eigenvalue weighted by molar-refractivity contribution is -0.120. The predicted molar refractivity (Wildman–Crippen MR) is 77.4 cm³/mol. The number of amides is 1. The van der Waals surface area contributed by atoms with E-state index in [1.165, 1.54) is 6.07 Å². The number of carbonyl (C=O) groups is 1. The lowest BCUT2D eigenvalue weighted by Gasteiger charge is -2.31. The van der Waals surface area contributed by atoms with E-state index >= 15 is 0 Å². The molecule has 4 N–H and O–H groups in total. The summed E-state index contributed by atoms with van der Waals surface area (Å²) in [5.74, 6) is -1.55. The fraction of sp³-hybridized carbons (Fsp3) is 0.562. The highest BCUT2D eigenvalue weighted by Gasteiger charge is 2.37. The summed E-state index contributed by atoms with van der Waals surface area (Å²) >= 11 is 0. The summed E-state index contributed by atoms with van der Waals surface area (Å²) in [6, 6.07) is 1.78. The molecule has 1 unspecified atom stereocenters. The third-order valence-electron chi connectivity index (χ3n) is 4.54. The molecule has 0 bridgehead atoms. The molecule has 5 heteroatoms. The molecule has 1 atom stereocenters. The van der Waals surface area contributed by atoms with Gasteiger partial charge in [0.1, 0.15) is 11.6 Å². The van der Waals surface area contributed by atoms with Crippen LogP contribution in [0, 0.1) is 24.0 Å². The summed E-state index contributed by atoms with van der Waals surface area (Å²) in [5, 5.41) is 0. The van der Waals surface area contributed by atoms with Gasteiger partial charge in [-0.25, -0.2) is 8.78 Å². The summed E-state index contributed by atoms with van der Waals surface area (Å²) in [4.78, 5) is 11.3. The second-order valence-corrected chi connectivity index (χ2v) is 6.28. The normalized spacial score (nSPS) is 18.7. The highest BCUT2D eigenvalue weighted by Crippen LogP contribution is 2.46. The fourth-order valence-electron chi connectivity index (χ4n) is 3.49. The standard InChI is InChI=1S/C16H22F2N2O/c1-10-6-11(13(18)7-12(10)17)14(19)8-16(9-15(20)21)4-2-3-5-16/h6-7,14H,2-5,8-9,19H2,1H3,(H2,20,21). The molecule has 1 aliphatic carbocycles. The second-order valence-electron chi connectivity index (χ2n) is 6.28. The van der Waals surface area contributed by atoms with E-state index in [9.17, 15) is 13.6 Å². The monoisotopic (exact) mass is 296 g/mol. The molecule has 1 aliphatic rings. The maximum Gasteiger partial charge on any atom is 0.217 e. The third kappa shape index (κ3) is 3.59. The zero-order valence-corrected chi connectivity index (χ0v) is 12.3. The molecule has 0 aliphatic heterocycles. The van der Waals surface area contributed by atoms with Gasteiger partial charge in [0.15, 0.2) is 0 Å². The quantitative estimate of drug-likeness (QED) is 0.876. The summed E-state index contributed by atoms with van der Waals surface area (Å²) in [6.07, 6.45) is 4.60. The van der Waals surface area contributed by atoms with Crippen LogP contribution in [-0.4, -0.2) is 5.91 Å². The number of halogens is 2. The van der Waals surface area contributed by atoms with E-state index in [0.717, 1.165) is 31.7 Å². The Morgan fingerprint density at radius 3 is 2.48 bits per heavy atom. The van der Waals surface area contributed by atoms with Gasteiger partial charge in [-0.05, 0) is 43.2 Å². The first-order valence-corrected chi connectivity index (χ1v) is 7.32. The molecule has 1 fully saturated rings. The van der Waals surface area contributed by atoms with Gasteiger partial charge in [-0.1, -0.05) is 12.8 Å². The maximum absolute atomic E-state index is 13.9. The van der Waals surface area contributed by atoms with Crippen molar-refractivity contribution in [1.29, 1.82) is 0 Å². The number of rotatable bonds is 5. The summed E-state index contributed by atoms with van der Waals surface area (Å²) < 4.78 is 27.3. The number of primary amides is 1. The zero-order valence-electron chi connectivity index (χ0n) is 12.3. The van der Waals surface area contributed by atoms with Crippen molar-refractivity contribution in [2.75, 3.05) is 0 Å². The van der Waals surface area contributed by atoms with Gasteiger partial charge in [-0.3, -0.25) is 4.79 Å². The van der Waals surface area contributed by atoms with Crippen LogP contribution in [0.4, 0.5) is 8.78 Å². The van der Waals surface area contributed by atoms with Gasteiger partial charge in [0.05, 0.1) is 0 Å². The van der Waals surface area contributed by atoms with Crippen molar-refractivity contribution < 1.29 is 13.6 Å². The van der Waals surface area contributed by atoms with E-state index in [0.29, 0.717) is 17.5 Å². The molecule has 3 nitrogen and oxygen atoms in total. The number of benzene rings is 1. The van der Waals surface area contributed by atoms with E-state index in [4.69, 9.17) is 11.5 Å². The van der Waals surface area contributed by atoms with Crippen LogP contribution in [0.5, 0.6) is 0 Å². The van der Waals surface area contributed by atoms with Gasteiger partial charge in [0.25, 0.3) is 0 Å². The number of hydrogen-bond acceptors (Lipinski definition) is 2. The highest BCUT2D eigenvalue weighted by molar-refractivity contribution is 5.74. The Morgan fingerprint density at radius 2 is 1.90 bits per heavy atom. The molecule has 1 amide bonds. The lowest BCUT2D eigenvalue weighted by atomic mass is 9.75. The van der Waals surface area contributed by atoms with Crippen molar-refractivity contribution >= 4 is 5.91 Å². The molecule has 21 heavy (non-hydrogen) atoms. The van der Waals surface area contributed by atoms with E-state index in [1.54, 1.807) is 6.92 Å². The molecular formula is C16H22F2N2O. The third-order valence-corrected chi connectivity index (χ3v) is 4.54. The Hall–Kier alpha value is -1.49. The van der Waals surface area contributed by atoms with E-state index in [1.807, 2.05) is 0 Å². The lowest BCUT2D eigenvalue weighted by Crippen LogP contribution is -2.30. The average molecular weight is 296 g/mol. The average Bonchev–Trinajstić information content (AvgIpc) is 2.80. The molecule has 2 rings (SSSR count). The SMILES string of the molecule is Cc1cc(C(N)CC2(CC(N)=O)CCCC2)c(F)cc1F. The van der Waals surface area contributed by atoms with Gasteiger partial charge < -0.3 is 11.5 Å². The highest BCUT2D eigenvalue weighted by atomic mass is 19.1. The van der Waals surface area contributed by atoms with Crippen LogP contribution in [0.15, 0.2) is 12.1 Å². The van der Waals surface area contributed by atoms with Crippen molar-refractivity contribution in [1.82, 2.24) is 0 Å². The van der Waals surface area contributed by atoms with Crippen molar-refractivity contribution in [2.24, 2.45) is 16.9 Å². The maximum atomic E-state index is 13.9. The summed E-state index contributed by atoms with van der Waals surface area (Å²) in [7, 11) is 0. The first-order chi connectivity index (χ1) is 9.83. The Bertz CT molecular complexity index is 539. The van der Waals surface area contributed by atoms with Crippen LogP contribution in [0.25, 0.3) is 0 Å². The van der Waals surface area contributed by atoms with Crippen LogP contribution >= 0.6 is 0 Å². The minimum Gasteiger partial charge on any atom is -0.370 e. The van der Waals surface area contributed by atoms with Gasteiger partial charge in [-0.15, -0.1) is 0 Å².